The Balaban J connectivity index is 1.81. The van der Waals surface area contributed by atoms with Gasteiger partial charge in [0.25, 0.3) is 0 Å². The molecule has 3 nitrogen and oxygen atoms in total. The van der Waals surface area contributed by atoms with E-state index in [2.05, 4.69) is 35.3 Å². The maximum atomic E-state index is 10.7. The van der Waals surface area contributed by atoms with Crippen LogP contribution in [0.15, 0.2) is 89.9 Å². The van der Waals surface area contributed by atoms with E-state index in [1.807, 2.05) is 54.7 Å². The van der Waals surface area contributed by atoms with Crippen molar-refractivity contribution in [3.8, 4) is 0 Å². The van der Waals surface area contributed by atoms with E-state index < -0.39 is 5.97 Å². The summed E-state index contributed by atoms with van der Waals surface area (Å²) in [6.07, 6.45) is 4.58. The summed E-state index contributed by atoms with van der Waals surface area (Å²) >= 11 is 0. The normalized spacial score (nSPS) is 11.7. The predicted octanol–water partition coefficient (Wildman–Crippen LogP) is 5.84. The first-order valence-electron chi connectivity index (χ1n) is 8.66. The van der Waals surface area contributed by atoms with Crippen LogP contribution in [0.5, 0.6) is 0 Å². The van der Waals surface area contributed by atoms with Crippen LogP contribution in [0.2, 0.25) is 0 Å². The van der Waals surface area contributed by atoms with Gasteiger partial charge in [-0.1, -0.05) is 60.7 Å². The van der Waals surface area contributed by atoms with E-state index in [4.69, 9.17) is 5.11 Å². The van der Waals surface area contributed by atoms with Gasteiger partial charge in [0.05, 0.1) is 5.69 Å². The Bertz CT molecular complexity index is 1150. The molecule has 4 aromatic rings. The Kier molecular flexibility index (Phi) is 4.50. The van der Waals surface area contributed by atoms with Gasteiger partial charge in [-0.2, -0.15) is 0 Å². The first kappa shape index (κ1) is 16.7. The van der Waals surface area contributed by atoms with Crippen molar-refractivity contribution in [3.05, 3.63) is 96.1 Å². The van der Waals surface area contributed by atoms with Crippen molar-refractivity contribution in [2.24, 2.45) is 4.99 Å². The van der Waals surface area contributed by atoms with Crippen LogP contribution in [0.25, 0.3) is 27.6 Å². The summed E-state index contributed by atoms with van der Waals surface area (Å²) in [6.45, 7) is 0. The van der Waals surface area contributed by atoms with Crippen LogP contribution in [0, 0.1) is 0 Å². The maximum Gasteiger partial charge on any atom is 0.328 e. The minimum Gasteiger partial charge on any atom is -0.478 e. The Labute approximate surface area is 156 Å². The molecule has 130 valence electrons. The molecule has 0 unspecified atom stereocenters. The Hall–Kier alpha value is -3.72. The highest BCUT2D eigenvalue weighted by Crippen LogP contribution is 2.28. The number of hydrogen-bond acceptors (Lipinski definition) is 2. The van der Waals surface area contributed by atoms with Crippen molar-refractivity contribution in [2.75, 3.05) is 0 Å². The lowest BCUT2D eigenvalue weighted by molar-refractivity contribution is -0.131. The average molecular weight is 351 g/mol. The molecule has 0 radical (unpaired) electrons. The number of fused-ring (bicyclic) bond motifs is 2. The van der Waals surface area contributed by atoms with E-state index in [-0.39, 0.29) is 0 Å². The Morgan fingerprint density at radius 2 is 1.48 bits per heavy atom. The number of benzene rings is 4. The molecule has 0 atom stereocenters. The van der Waals surface area contributed by atoms with Crippen molar-refractivity contribution < 1.29 is 9.90 Å². The Morgan fingerprint density at radius 3 is 2.15 bits per heavy atom. The molecule has 0 aliphatic carbocycles. The standard InChI is InChI=1S/C24H17NO2/c26-24(27)13-12-17-6-5-9-20(14-17)25-16-23-21-10-3-1-7-18(21)15-19-8-2-4-11-22(19)23/h1-16H,(H,26,27)/b13-12+,25-16?. The molecular weight excluding hydrogens is 334 g/mol. The minimum atomic E-state index is -0.967. The van der Waals surface area contributed by atoms with Gasteiger partial charge in [-0.3, -0.25) is 4.99 Å². The first-order valence-corrected chi connectivity index (χ1v) is 8.66. The van der Waals surface area contributed by atoms with Gasteiger partial charge in [-0.15, -0.1) is 0 Å². The molecule has 3 heteroatoms. The molecule has 1 N–H and O–H groups in total. The summed E-state index contributed by atoms with van der Waals surface area (Å²) in [4.78, 5) is 15.4. The number of carbonyl (C=O) groups is 1. The van der Waals surface area contributed by atoms with Crippen LogP contribution >= 0.6 is 0 Å². The number of hydrogen-bond donors (Lipinski definition) is 1. The Morgan fingerprint density at radius 1 is 0.815 bits per heavy atom. The second-order valence-corrected chi connectivity index (χ2v) is 6.26. The number of rotatable bonds is 4. The summed E-state index contributed by atoms with van der Waals surface area (Å²) in [7, 11) is 0. The number of carboxylic acid groups (broad SMARTS) is 1. The molecule has 4 rings (SSSR count). The van der Waals surface area contributed by atoms with Crippen molar-refractivity contribution in [1.29, 1.82) is 0 Å². The topological polar surface area (TPSA) is 49.7 Å². The van der Waals surface area contributed by atoms with Gasteiger partial charge in [0.1, 0.15) is 0 Å². The highest BCUT2D eigenvalue weighted by Gasteiger charge is 2.05. The fraction of sp³-hybridized carbons (Fsp3) is 0. The monoisotopic (exact) mass is 351 g/mol. The summed E-state index contributed by atoms with van der Waals surface area (Å²) in [5, 5.41) is 13.4. The SMILES string of the molecule is O=C(O)/C=C/c1cccc(N=Cc2c3ccccc3cc3ccccc23)c1. The number of nitrogens with zero attached hydrogens (tertiary/aromatic N) is 1. The summed E-state index contributed by atoms with van der Waals surface area (Å²) in [6, 6.07) is 26.3. The summed E-state index contributed by atoms with van der Waals surface area (Å²) in [5.74, 6) is -0.967. The van der Waals surface area contributed by atoms with E-state index in [1.165, 1.54) is 10.8 Å². The minimum absolute atomic E-state index is 0.777. The molecule has 0 fully saturated rings. The molecule has 0 heterocycles. The van der Waals surface area contributed by atoms with Crippen molar-refractivity contribution in [1.82, 2.24) is 0 Å². The number of aliphatic carboxylic acids is 1. The molecule has 0 bridgehead atoms. The van der Waals surface area contributed by atoms with Gasteiger partial charge in [-0.05, 0) is 51.4 Å². The van der Waals surface area contributed by atoms with E-state index >= 15 is 0 Å². The summed E-state index contributed by atoms with van der Waals surface area (Å²) in [5.41, 5.74) is 2.66. The number of carboxylic acids is 1. The van der Waals surface area contributed by atoms with Crippen LogP contribution in [0.3, 0.4) is 0 Å². The highest BCUT2D eigenvalue weighted by molar-refractivity contribution is 6.13. The van der Waals surface area contributed by atoms with E-state index in [0.717, 1.165) is 33.7 Å². The lowest BCUT2D eigenvalue weighted by Crippen LogP contribution is -1.88. The van der Waals surface area contributed by atoms with Crippen LogP contribution in [-0.2, 0) is 4.79 Å². The molecule has 0 spiro atoms. The summed E-state index contributed by atoms with van der Waals surface area (Å²) < 4.78 is 0. The molecule has 0 aliphatic rings. The molecular formula is C24H17NO2. The molecule has 0 amide bonds. The van der Waals surface area contributed by atoms with Gasteiger partial charge in [0.15, 0.2) is 0 Å². The highest BCUT2D eigenvalue weighted by atomic mass is 16.4. The van der Waals surface area contributed by atoms with E-state index in [0.29, 0.717) is 0 Å². The van der Waals surface area contributed by atoms with Crippen LogP contribution in [0.4, 0.5) is 5.69 Å². The molecule has 27 heavy (non-hydrogen) atoms. The van der Waals surface area contributed by atoms with Crippen LogP contribution in [-0.4, -0.2) is 17.3 Å². The predicted molar refractivity (Wildman–Crippen MR) is 112 cm³/mol. The number of aliphatic imine (C=N–C) groups is 1. The average Bonchev–Trinajstić information content (AvgIpc) is 2.70. The molecule has 0 aliphatic heterocycles. The second-order valence-electron chi connectivity index (χ2n) is 6.26. The van der Waals surface area contributed by atoms with Gasteiger partial charge >= 0.3 is 5.97 Å². The maximum absolute atomic E-state index is 10.7. The third-order valence-electron chi connectivity index (χ3n) is 4.44. The zero-order valence-electron chi connectivity index (χ0n) is 14.5. The second kappa shape index (κ2) is 7.26. The van der Waals surface area contributed by atoms with Gasteiger partial charge in [0.2, 0.25) is 0 Å². The lowest BCUT2D eigenvalue weighted by Gasteiger charge is -2.08. The zero-order valence-corrected chi connectivity index (χ0v) is 14.5. The van der Waals surface area contributed by atoms with Crippen LogP contribution < -0.4 is 0 Å². The van der Waals surface area contributed by atoms with Gasteiger partial charge < -0.3 is 5.11 Å². The molecule has 0 saturated heterocycles. The molecule has 0 saturated carbocycles. The first-order chi connectivity index (χ1) is 13.2. The van der Waals surface area contributed by atoms with Crippen molar-refractivity contribution >= 4 is 45.5 Å². The van der Waals surface area contributed by atoms with Crippen molar-refractivity contribution in [2.45, 2.75) is 0 Å². The van der Waals surface area contributed by atoms with E-state index in [9.17, 15) is 4.79 Å². The quantitative estimate of drug-likeness (QED) is 0.285. The van der Waals surface area contributed by atoms with Crippen LogP contribution in [0.1, 0.15) is 11.1 Å². The lowest BCUT2D eigenvalue weighted by atomic mass is 9.97. The fourth-order valence-corrected chi connectivity index (χ4v) is 3.20. The molecule has 4 aromatic carbocycles. The molecule has 0 aromatic heterocycles. The zero-order chi connectivity index (χ0) is 18.6. The fourth-order valence-electron chi connectivity index (χ4n) is 3.20. The van der Waals surface area contributed by atoms with Crippen molar-refractivity contribution in [3.63, 3.8) is 0 Å². The third kappa shape index (κ3) is 3.62. The van der Waals surface area contributed by atoms with Gasteiger partial charge in [0, 0.05) is 17.9 Å². The third-order valence-corrected chi connectivity index (χ3v) is 4.44. The van der Waals surface area contributed by atoms with Gasteiger partial charge in [-0.25, -0.2) is 4.79 Å². The largest absolute Gasteiger partial charge is 0.478 e. The smallest absolute Gasteiger partial charge is 0.328 e. The van der Waals surface area contributed by atoms with E-state index in [1.54, 1.807) is 6.08 Å².